The van der Waals surface area contributed by atoms with Crippen molar-refractivity contribution in [3.63, 3.8) is 0 Å². The molecule has 0 aliphatic carbocycles. The van der Waals surface area contributed by atoms with Gasteiger partial charge in [-0.1, -0.05) is 295 Å². The minimum absolute atomic E-state index is 0.0728. The molecule has 0 aromatic heterocycles. The molecule has 0 heterocycles. The number of carbonyl (C=O) groups excluding carboxylic acids is 3. The molecule has 6 heteroatoms. The van der Waals surface area contributed by atoms with Gasteiger partial charge in [0.1, 0.15) is 13.2 Å². The van der Waals surface area contributed by atoms with Crippen molar-refractivity contribution in [2.75, 3.05) is 13.2 Å². The Hall–Kier alpha value is -2.37. The van der Waals surface area contributed by atoms with Gasteiger partial charge in [0.05, 0.1) is 0 Å². The molecule has 0 N–H and O–H groups in total. The van der Waals surface area contributed by atoms with Crippen molar-refractivity contribution >= 4 is 17.9 Å². The molecule has 0 aromatic rings. The second-order valence-electron chi connectivity index (χ2n) is 22.0. The fraction of sp³-hybridized carbons (Fsp3) is 0.866. The third-order valence-corrected chi connectivity index (χ3v) is 14.6. The SMILES string of the molecule is CCCCC/C=C\C/C=C\CCCCCCCC(=O)OCC(COC(=O)CCCCCCCCCCCCC/C=C\CCCCCCCCCC)OC(=O)CCCCCCCCCCCCCCCCCCC. The Morgan fingerprint density at radius 2 is 0.493 bits per heavy atom. The number of hydrogen-bond acceptors (Lipinski definition) is 6. The van der Waals surface area contributed by atoms with Crippen LogP contribution in [-0.4, -0.2) is 37.2 Å². The standard InChI is InChI=1S/C67H124O6/c1-4-7-10-13-16-19-22-25-28-30-31-32-33-34-35-37-39-42-45-48-51-54-57-60-66(69)72-63-64(62-71-65(68)59-56-53-50-47-44-41-38-27-24-21-18-15-12-9-6-3)73-67(70)61-58-55-52-49-46-43-40-36-29-26-23-20-17-14-11-8-5-2/h18,21,27,30-31,38,64H,4-17,19-20,22-26,28-29,32-37,39-63H2,1-3H3/b21-18-,31-30-,38-27-. The summed E-state index contributed by atoms with van der Waals surface area (Å²) in [5.74, 6) is -0.863. The first-order chi connectivity index (χ1) is 36.0. The van der Waals surface area contributed by atoms with Gasteiger partial charge in [0.15, 0.2) is 6.10 Å². The molecular formula is C67H124O6. The summed E-state index contributed by atoms with van der Waals surface area (Å²) in [6.07, 6.45) is 75.8. The Balaban J connectivity index is 4.30. The van der Waals surface area contributed by atoms with Crippen LogP contribution in [0.3, 0.4) is 0 Å². The maximum Gasteiger partial charge on any atom is 0.306 e. The van der Waals surface area contributed by atoms with Gasteiger partial charge in [-0.2, -0.15) is 0 Å². The van der Waals surface area contributed by atoms with E-state index in [0.29, 0.717) is 19.3 Å². The van der Waals surface area contributed by atoms with Crippen molar-refractivity contribution in [2.45, 2.75) is 361 Å². The minimum Gasteiger partial charge on any atom is -0.462 e. The summed E-state index contributed by atoms with van der Waals surface area (Å²) >= 11 is 0. The third-order valence-electron chi connectivity index (χ3n) is 14.6. The predicted octanol–water partition coefficient (Wildman–Crippen LogP) is 22.0. The Kier molecular flexibility index (Phi) is 60.2. The highest BCUT2D eigenvalue weighted by molar-refractivity contribution is 5.71. The largest absolute Gasteiger partial charge is 0.462 e. The van der Waals surface area contributed by atoms with Crippen molar-refractivity contribution < 1.29 is 28.6 Å². The van der Waals surface area contributed by atoms with Crippen LogP contribution in [0.1, 0.15) is 355 Å². The van der Waals surface area contributed by atoms with Gasteiger partial charge in [-0.05, 0) is 77.0 Å². The van der Waals surface area contributed by atoms with E-state index >= 15 is 0 Å². The van der Waals surface area contributed by atoms with Crippen LogP contribution in [-0.2, 0) is 28.6 Å². The number of ether oxygens (including phenoxy) is 3. The topological polar surface area (TPSA) is 78.9 Å². The van der Waals surface area contributed by atoms with Crippen LogP contribution in [0, 0.1) is 0 Å². The molecule has 6 nitrogen and oxygen atoms in total. The van der Waals surface area contributed by atoms with Crippen LogP contribution in [0.2, 0.25) is 0 Å². The summed E-state index contributed by atoms with van der Waals surface area (Å²) in [6, 6.07) is 0. The van der Waals surface area contributed by atoms with Gasteiger partial charge < -0.3 is 14.2 Å². The van der Waals surface area contributed by atoms with E-state index in [0.717, 1.165) is 77.0 Å². The van der Waals surface area contributed by atoms with Crippen molar-refractivity contribution in [1.82, 2.24) is 0 Å². The second-order valence-corrected chi connectivity index (χ2v) is 22.0. The lowest BCUT2D eigenvalue weighted by atomic mass is 10.0. The minimum atomic E-state index is -0.776. The summed E-state index contributed by atoms with van der Waals surface area (Å²) < 4.78 is 16.9. The van der Waals surface area contributed by atoms with E-state index in [1.807, 2.05) is 0 Å². The Morgan fingerprint density at radius 3 is 0.795 bits per heavy atom. The molecule has 0 fully saturated rings. The van der Waals surface area contributed by atoms with Gasteiger partial charge >= 0.3 is 17.9 Å². The van der Waals surface area contributed by atoms with Crippen LogP contribution in [0.15, 0.2) is 36.5 Å². The molecule has 0 aliphatic rings. The molecule has 1 atom stereocenters. The lowest BCUT2D eigenvalue weighted by Crippen LogP contribution is -2.30. The summed E-state index contributed by atoms with van der Waals surface area (Å²) in [4.78, 5) is 38.3. The van der Waals surface area contributed by atoms with Crippen molar-refractivity contribution in [2.24, 2.45) is 0 Å². The summed E-state index contributed by atoms with van der Waals surface area (Å²) in [7, 11) is 0. The van der Waals surface area contributed by atoms with Crippen LogP contribution in [0.25, 0.3) is 0 Å². The van der Waals surface area contributed by atoms with E-state index in [2.05, 4.69) is 57.2 Å². The molecule has 0 spiro atoms. The molecule has 0 radical (unpaired) electrons. The van der Waals surface area contributed by atoms with E-state index < -0.39 is 6.10 Å². The van der Waals surface area contributed by atoms with Crippen LogP contribution < -0.4 is 0 Å². The summed E-state index contributed by atoms with van der Waals surface area (Å²) in [5, 5.41) is 0. The van der Waals surface area contributed by atoms with Crippen molar-refractivity contribution in [3.05, 3.63) is 36.5 Å². The average molecular weight is 1030 g/mol. The normalized spacial score (nSPS) is 12.2. The first-order valence-corrected chi connectivity index (χ1v) is 32.5. The lowest BCUT2D eigenvalue weighted by molar-refractivity contribution is -0.167. The van der Waals surface area contributed by atoms with Crippen LogP contribution >= 0.6 is 0 Å². The molecule has 0 rings (SSSR count). The Bertz CT molecular complexity index is 1220. The Morgan fingerprint density at radius 1 is 0.274 bits per heavy atom. The number of esters is 3. The molecular weight excluding hydrogens is 901 g/mol. The molecule has 73 heavy (non-hydrogen) atoms. The zero-order valence-electron chi connectivity index (χ0n) is 49.2. The number of unbranched alkanes of at least 4 members (excludes halogenated alkanes) is 43. The van der Waals surface area contributed by atoms with Gasteiger partial charge in [-0.3, -0.25) is 14.4 Å². The predicted molar refractivity (Wildman–Crippen MR) is 316 cm³/mol. The van der Waals surface area contributed by atoms with Gasteiger partial charge in [0.2, 0.25) is 0 Å². The Labute approximate surface area is 455 Å². The number of rotatable bonds is 60. The smallest absolute Gasteiger partial charge is 0.306 e. The second kappa shape index (κ2) is 62.2. The van der Waals surface area contributed by atoms with Gasteiger partial charge in [-0.25, -0.2) is 0 Å². The molecule has 0 saturated heterocycles. The molecule has 428 valence electrons. The van der Waals surface area contributed by atoms with Crippen molar-refractivity contribution in [3.8, 4) is 0 Å². The van der Waals surface area contributed by atoms with Crippen LogP contribution in [0.5, 0.6) is 0 Å². The highest BCUT2D eigenvalue weighted by Crippen LogP contribution is 2.17. The highest BCUT2D eigenvalue weighted by atomic mass is 16.6. The monoisotopic (exact) mass is 1020 g/mol. The van der Waals surface area contributed by atoms with Crippen LogP contribution in [0.4, 0.5) is 0 Å². The molecule has 0 aliphatic heterocycles. The molecule has 0 amide bonds. The number of carbonyl (C=O) groups is 3. The number of hydrogen-bond donors (Lipinski definition) is 0. The van der Waals surface area contributed by atoms with E-state index in [1.54, 1.807) is 0 Å². The molecule has 1 unspecified atom stereocenters. The first kappa shape index (κ1) is 70.6. The van der Waals surface area contributed by atoms with Gasteiger partial charge in [0.25, 0.3) is 0 Å². The lowest BCUT2D eigenvalue weighted by Gasteiger charge is -2.18. The zero-order chi connectivity index (χ0) is 52.9. The third kappa shape index (κ3) is 60.4. The summed E-state index contributed by atoms with van der Waals surface area (Å²) in [6.45, 7) is 6.66. The maximum absolute atomic E-state index is 12.9. The molecule has 0 saturated carbocycles. The molecule has 0 bridgehead atoms. The summed E-state index contributed by atoms with van der Waals surface area (Å²) in [5.41, 5.74) is 0. The highest BCUT2D eigenvalue weighted by Gasteiger charge is 2.19. The van der Waals surface area contributed by atoms with E-state index in [4.69, 9.17) is 14.2 Å². The van der Waals surface area contributed by atoms with E-state index in [9.17, 15) is 14.4 Å². The first-order valence-electron chi connectivity index (χ1n) is 32.5. The van der Waals surface area contributed by atoms with Gasteiger partial charge in [-0.15, -0.1) is 0 Å². The fourth-order valence-corrected chi connectivity index (χ4v) is 9.71. The van der Waals surface area contributed by atoms with Gasteiger partial charge in [0, 0.05) is 19.3 Å². The average Bonchev–Trinajstić information content (AvgIpc) is 3.39. The van der Waals surface area contributed by atoms with E-state index in [1.165, 1.54) is 238 Å². The fourth-order valence-electron chi connectivity index (χ4n) is 9.71. The zero-order valence-corrected chi connectivity index (χ0v) is 49.2. The quantitative estimate of drug-likeness (QED) is 0.0261. The number of allylic oxidation sites excluding steroid dienone is 6. The van der Waals surface area contributed by atoms with Crippen molar-refractivity contribution in [1.29, 1.82) is 0 Å². The maximum atomic E-state index is 12.9. The van der Waals surface area contributed by atoms with E-state index in [-0.39, 0.29) is 31.1 Å². The molecule has 0 aromatic carbocycles.